The van der Waals surface area contributed by atoms with Crippen molar-refractivity contribution < 1.29 is 9.53 Å². The van der Waals surface area contributed by atoms with Crippen molar-refractivity contribution in [2.45, 2.75) is 33.2 Å². The van der Waals surface area contributed by atoms with E-state index in [0.29, 0.717) is 12.5 Å². The summed E-state index contributed by atoms with van der Waals surface area (Å²) in [6.07, 6.45) is 0. The summed E-state index contributed by atoms with van der Waals surface area (Å²) >= 11 is 7.40. The molecule has 124 valence electrons. The number of thiophene rings is 1. The van der Waals surface area contributed by atoms with Crippen LogP contribution in [0.1, 0.15) is 35.8 Å². The van der Waals surface area contributed by atoms with Gasteiger partial charge in [0.25, 0.3) is 5.91 Å². The summed E-state index contributed by atoms with van der Waals surface area (Å²) in [5, 5.41) is 0. The Kier molecular flexibility index (Phi) is 6.08. The van der Waals surface area contributed by atoms with Gasteiger partial charge in [0, 0.05) is 11.9 Å². The molecule has 2 aromatic rings. The SMILES string of the molecule is Cc1ccc(C(C)C)c(OCC(=O)N(C)Cc2ccc(Cl)s2)c1. The largest absolute Gasteiger partial charge is 0.483 e. The fourth-order valence-electron chi connectivity index (χ4n) is 2.25. The number of carbonyl (C=O) groups is 1. The number of rotatable bonds is 6. The molecule has 2 rings (SSSR count). The van der Waals surface area contributed by atoms with E-state index in [1.54, 1.807) is 11.9 Å². The minimum Gasteiger partial charge on any atom is -0.483 e. The molecule has 0 aliphatic heterocycles. The van der Waals surface area contributed by atoms with Crippen LogP contribution in [0, 0.1) is 6.92 Å². The van der Waals surface area contributed by atoms with Gasteiger partial charge in [0.1, 0.15) is 5.75 Å². The number of hydrogen-bond acceptors (Lipinski definition) is 3. The lowest BCUT2D eigenvalue weighted by atomic mass is 10.0. The predicted octanol–water partition coefficient (Wildman–Crippen LogP) is 4.87. The molecule has 0 aliphatic carbocycles. The third kappa shape index (κ3) is 4.98. The Hall–Kier alpha value is -1.52. The predicted molar refractivity (Wildman–Crippen MR) is 96.6 cm³/mol. The van der Waals surface area contributed by atoms with Gasteiger partial charge in [-0.1, -0.05) is 37.6 Å². The minimum absolute atomic E-state index is 0.0405. The molecule has 0 spiro atoms. The highest BCUT2D eigenvalue weighted by Gasteiger charge is 2.14. The molecule has 0 saturated carbocycles. The zero-order valence-electron chi connectivity index (χ0n) is 13.9. The van der Waals surface area contributed by atoms with Gasteiger partial charge >= 0.3 is 0 Å². The maximum absolute atomic E-state index is 12.3. The normalized spacial score (nSPS) is 10.9. The van der Waals surface area contributed by atoms with E-state index in [1.807, 2.05) is 25.1 Å². The molecule has 0 unspecified atom stereocenters. The van der Waals surface area contributed by atoms with Gasteiger partial charge in [0.05, 0.1) is 10.9 Å². The van der Waals surface area contributed by atoms with Crippen LogP contribution < -0.4 is 4.74 Å². The topological polar surface area (TPSA) is 29.5 Å². The fourth-order valence-corrected chi connectivity index (χ4v) is 3.39. The number of carbonyl (C=O) groups excluding carboxylic acids is 1. The fraction of sp³-hybridized carbons (Fsp3) is 0.389. The first-order valence-electron chi connectivity index (χ1n) is 7.58. The van der Waals surface area contributed by atoms with Gasteiger partial charge in [-0.25, -0.2) is 0 Å². The van der Waals surface area contributed by atoms with Gasteiger partial charge in [0.2, 0.25) is 0 Å². The Balaban J connectivity index is 1.97. The van der Waals surface area contributed by atoms with Crippen LogP contribution in [0.5, 0.6) is 5.75 Å². The average Bonchev–Trinajstić information content (AvgIpc) is 2.89. The highest BCUT2D eigenvalue weighted by molar-refractivity contribution is 7.16. The molecule has 23 heavy (non-hydrogen) atoms. The molecule has 0 fully saturated rings. The van der Waals surface area contributed by atoms with Gasteiger partial charge in [-0.2, -0.15) is 0 Å². The number of likely N-dealkylation sites (N-methyl/N-ethyl adjacent to an activating group) is 1. The van der Waals surface area contributed by atoms with E-state index >= 15 is 0 Å². The molecule has 0 bridgehead atoms. The van der Waals surface area contributed by atoms with E-state index in [2.05, 4.69) is 26.0 Å². The molecule has 0 atom stereocenters. The summed E-state index contributed by atoms with van der Waals surface area (Å²) < 4.78 is 6.53. The molecule has 0 saturated heterocycles. The van der Waals surface area contributed by atoms with Crippen molar-refractivity contribution in [1.82, 2.24) is 4.90 Å². The molecule has 5 heteroatoms. The first-order valence-corrected chi connectivity index (χ1v) is 8.77. The summed E-state index contributed by atoms with van der Waals surface area (Å²) in [6.45, 7) is 6.84. The van der Waals surface area contributed by atoms with Crippen LogP contribution in [-0.2, 0) is 11.3 Å². The summed E-state index contributed by atoms with van der Waals surface area (Å²) in [4.78, 5) is 15.0. The first-order chi connectivity index (χ1) is 10.9. The van der Waals surface area contributed by atoms with E-state index in [-0.39, 0.29) is 12.5 Å². The quantitative estimate of drug-likeness (QED) is 0.743. The Bertz CT molecular complexity index is 681. The van der Waals surface area contributed by atoms with E-state index in [4.69, 9.17) is 16.3 Å². The average molecular weight is 352 g/mol. The van der Waals surface area contributed by atoms with Gasteiger partial charge in [-0.15, -0.1) is 11.3 Å². The van der Waals surface area contributed by atoms with Crippen LogP contribution in [0.15, 0.2) is 30.3 Å². The second-order valence-electron chi connectivity index (χ2n) is 5.94. The Morgan fingerprint density at radius 2 is 2.04 bits per heavy atom. The second-order valence-corrected chi connectivity index (χ2v) is 7.74. The summed E-state index contributed by atoms with van der Waals surface area (Å²) in [5.41, 5.74) is 2.24. The maximum Gasteiger partial charge on any atom is 0.260 e. The molecular weight excluding hydrogens is 330 g/mol. The molecule has 1 amide bonds. The van der Waals surface area contributed by atoms with Crippen molar-refractivity contribution in [3.8, 4) is 5.75 Å². The van der Waals surface area contributed by atoms with Gasteiger partial charge in [-0.05, 0) is 42.2 Å². The molecule has 3 nitrogen and oxygen atoms in total. The zero-order chi connectivity index (χ0) is 17.0. The third-order valence-corrected chi connectivity index (χ3v) is 4.81. The molecule has 1 aromatic heterocycles. The maximum atomic E-state index is 12.3. The monoisotopic (exact) mass is 351 g/mol. The summed E-state index contributed by atoms with van der Waals surface area (Å²) in [5.74, 6) is 1.10. The molecule has 1 heterocycles. The first kappa shape index (κ1) is 17.8. The lowest BCUT2D eigenvalue weighted by Gasteiger charge is -2.18. The number of hydrogen-bond donors (Lipinski definition) is 0. The van der Waals surface area contributed by atoms with E-state index < -0.39 is 0 Å². The number of ether oxygens (including phenoxy) is 1. The van der Waals surface area contributed by atoms with Crippen LogP contribution in [0.2, 0.25) is 4.34 Å². The Morgan fingerprint density at radius 3 is 2.65 bits per heavy atom. The van der Waals surface area contributed by atoms with Gasteiger partial charge < -0.3 is 9.64 Å². The Labute approximate surface area is 146 Å². The van der Waals surface area contributed by atoms with Gasteiger partial charge in [-0.3, -0.25) is 4.79 Å². The van der Waals surface area contributed by atoms with Crippen molar-refractivity contribution in [3.63, 3.8) is 0 Å². The van der Waals surface area contributed by atoms with Crippen LogP contribution in [0.3, 0.4) is 0 Å². The molecule has 1 aromatic carbocycles. The van der Waals surface area contributed by atoms with E-state index in [9.17, 15) is 4.79 Å². The van der Waals surface area contributed by atoms with Crippen molar-refractivity contribution in [2.24, 2.45) is 0 Å². The molecule has 0 aliphatic rings. The van der Waals surface area contributed by atoms with Crippen molar-refractivity contribution >= 4 is 28.8 Å². The van der Waals surface area contributed by atoms with Crippen LogP contribution >= 0.6 is 22.9 Å². The van der Waals surface area contributed by atoms with Crippen molar-refractivity contribution in [2.75, 3.05) is 13.7 Å². The lowest BCUT2D eigenvalue weighted by molar-refractivity contribution is -0.132. The highest BCUT2D eigenvalue weighted by Crippen LogP contribution is 2.27. The molecule has 0 N–H and O–H groups in total. The lowest BCUT2D eigenvalue weighted by Crippen LogP contribution is -2.30. The van der Waals surface area contributed by atoms with Crippen molar-refractivity contribution in [3.05, 3.63) is 50.7 Å². The van der Waals surface area contributed by atoms with Crippen LogP contribution in [-0.4, -0.2) is 24.5 Å². The van der Waals surface area contributed by atoms with Crippen LogP contribution in [0.4, 0.5) is 0 Å². The number of aryl methyl sites for hydroxylation is 1. The van der Waals surface area contributed by atoms with Gasteiger partial charge in [0.15, 0.2) is 6.61 Å². The van der Waals surface area contributed by atoms with E-state index in [1.165, 1.54) is 11.3 Å². The zero-order valence-corrected chi connectivity index (χ0v) is 15.5. The molecule has 0 radical (unpaired) electrons. The number of nitrogens with zero attached hydrogens (tertiary/aromatic N) is 1. The van der Waals surface area contributed by atoms with Crippen molar-refractivity contribution in [1.29, 1.82) is 0 Å². The van der Waals surface area contributed by atoms with E-state index in [0.717, 1.165) is 26.1 Å². The second kappa shape index (κ2) is 7.84. The summed E-state index contributed by atoms with van der Waals surface area (Å²) in [6, 6.07) is 9.91. The number of halogens is 1. The van der Waals surface area contributed by atoms with Crippen LogP contribution in [0.25, 0.3) is 0 Å². The smallest absolute Gasteiger partial charge is 0.260 e. The number of benzene rings is 1. The molecular formula is C18H22ClNO2S. The Morgan fingerprint density at radius 1 is 1.30 bits per heavy atom. The minimum atomic E-state index is -0.0502. The summed E-state index contributed by atoms with van der Waals surface area (Å²) in [7, 11) is 1.78. The highest BCUT2D eigenvalue weighted by atomic mass is 35.5. The standard InChI is InChI=1S/C18H22ClNO2S/c1-12(2)15-7-5-13(3)9-16(15)22-11-18(21)20(4)10-14-6-8-17(19)23-14/h5-9,12H,10-11H2,1-4H3. The third-order valence-electron chi connectivity index (χ3n) is 3.59. The number of amides is 1.